The number of halogens is 1. The van der Waals surface area contributed by atoms with E-state index in [9.17, 15) is 4.79 Å². The number of benzene rings is 2. The van der Waals surface area contributed by atoms with Gasteiger partial charge in [-0.05, 0) is 42.0 Å². The number of carbonyl (C=O) groups excluding carboxylic acids is 1. The first kappa shape index (κ1) is 17.9. The third-order valence-corrected chi connectivity index (χ3v) is 5.57. The Morgan fingerprint density at radius 2 is 1.89 bits per heavy atom. The van der Waals surface area contributed by atoms with E-state index in [1.807, 2.05) is 66.7 Å². The lowest BCUT2D eigenvalue weighted by molar-refractivity contribution is -0.130. The highest BCUT2D eigenvalue weighted by Crippen LogP contribution is 2.34. The lowest BCUT2D eigenvalue weighted by atomic mass is 10.0. The van der Waals surface area contributed by atoms with Gasteiger partial charge in [0.1, 0.15) is 11.8 Å². The van der Waals surface area contributed by atoms with Gasteiger partial charge in [-0.1, -0.05) is 41.9 Å². The summed E-state index contributed by atoms with van der Waals surface area (Å²) in [6, 6.07) is 20.9. The summed E-state index contributed by atoms with van der Waals surface area (Å²) in [5.41, 5.74) is 1.81. The van der Waals surface area contributed by atoms with Crippen LogP contribution in [0, 0.1) is 0 Å². The molecular weight excluding hydrogens is 380 g/mol. The maximum atomic E-state index is 12.9. The van der Waals surface area contributed by atoms with Crippen LogP contribution in [0.1, 0.15) is 23.8 Å². The van der Waals surface area contributed by atoms with Gasteiger partial charge in [0.25, 0.3) is 5.91 Å². The van der Waals surface area contributed by atoms with Crippen molar-refractivity contribution in [2.75, 3.05) is 5.75 Å². The van der Waals surface area contributed by atoms with E-state index < -0.39 is 0 Å². The molecule has 1 aromatic heterocycles. The van der Waals surface area contributed by atoms with Crippen LogP contribution in [0.2, 0.25) is 5.02 Å². The molecule has 27 heavy (non-hydrogen) atoms. The second kappa shape index (κ2) is 8.03. The highest BCUT2D eigenvalue weighted by molar-refractivity contribution is 8.00. The van der Waals surface area contributed by atoms with Crippen molar-refractivity contribution < 1.29 is 9.21 Å². The van der Waals surface area contributed by atoms with Gasteiger partial charge in [-0.25, -0.2) is 5.01 Å². The van der Waals surface area contributed by atoms with Crippen LogP contribution < -0.4 is 0 Å². The zero-order chi connectivity index (χ0) is 18.6. The van der Waals surface area contributed by atoms with E-state index in [1.165, 1.54) is 11.8 Å². The minimum Gasteiger partial charge on any atom is -0.467 e. The summed E-state index contributed by atoms with van der Waals surface area (Å²) >= 11 is 7.49. The third kappa shape index (κ3) is 4.10. The van der Waals surface area contributed by atoms with E-state index in [0.717, 1.165) is 21.9 Å². The summed E-state index contributed by atoms with van der Waals surface area (Å²) in [5.74, 6) is 1.01. The van der Waals surface area contributed by atoms with E-state index in [1.54, 1.807) is 11.3 Å². The van der Waals surface area contributed by atoms with Crippen molar-refractivity contribution in [2.45, 2.75) is 17.4 Å². The lowest BCUT2D eigenvalue weighted by Gasteiger charge is -2.19. The number of hydrazone groups is 1. The first-order valence-corrected chi connectivity index (χ1v) is 9.94. The Kier molecular flexibility index (Phi) is 5.32. The fourth-order valence-corrected chi connectivity index (χ4v) is 3.89. The maximum absolute atomic E-state index is 12.9. The summed E-state index contributed by atoms with van der Waals surface area (Å²) in [5, 5.41) is 6.85. The normalized spacial score (nSPS) is 16.4. The summed E-state index contributed by atoms with van der Waals surface area (Å²) in [6.45, 7) is 0. The Balaban J connectivity index is 1.55. The Bertz CT molecular complexity index is 940. The molecule has 0 bridgehead atoms. The van der Waals surface area contributed by atoms with Crippen LogP contribution in [-0.2, 0) is 4.79 Å². The summed E-state index contributed by atoms with van der Waals surface area (Å²) < 4.78 is 5.57. The highest BCUT2D eigenvalue weighted by atomic mass is 35.5. The molecule has 0 spiro atoms. The number of rotatable bonds is 5. The molecule has 0 saturated heterocycles. The molecule has 1 atom stereocenters. The molecule has 4 rings (SSSR count). The Morgan fingerprint density at radius 3 is 2.59 bits per heavy atom. The zero-order valence-electron chi connectivity index (χ0n) is 14.4. The Labute approximate surface area is 166 Å². The molecule has 3 aromatic rings. The quantitative estimate of drug-likeness (QED) is 0.542. The van der Waals surface area contributed by atoms with Crippen LogP contribution >= 0.6 is 23.4 Å². The second-order valence-corrected chi connectivity index (χ2v) is 7.61. The van der Waals surface area contributed by atoms with Gasteiger partial charge in [-0.2, -0.15) is 5.10 Å². The largest absolute Gasteiger partial charge is 0.467 e. The standard InChI is InChI=1S/C21H17ClN2O2S/c22-16-10-8-15(9-11-16)18-13-19(20-7-4-12-26-20)24(23-18)21(25)14-27-17-5-2-1-3-6-17/h1-12,19H,13-14H2. The molecule has 0 fully saturated rings. The predicted molar refractivity (Wildman–Crippen MR) is 108 cm³/mol. The SMILES string of the molecule is O=C(CSc1ccccc1)N1N=C(c2ccc(Cl)cc2)CC1c1ccco1. The molecular formula is C21H17ClN2O2S. The van der Waals surface area contributed by atoms with E-state index in [2.05, 4.69) is 5.10 Å². The molecule has 0 aliphatic carbocycles. The molecule has 1 aliphatic rings. The lowest BCUT2D eigenvalue weighted by Crippen LogP contribution is -2.28. The highest BCUT2D eigenvalue weighted by Gasteiger charge is 2.34. The van der Waals surface area contributed by atoms with Crippen LogP contribution in [0.15, 0.2) is 87.4 Å². The van der Waals surface area contributed by atoms with Crippen LogP contribution in [0.3, 0.4) is 0 Å². The fraction of sp³-hybridized carbons (Fsp3) is 0.143. The van der Waals surface area contributed by atoms with Gasteiger partial charge in [0.05, 0.1) is 17.7 Å². The van der Waals surface area contributed by atoms with E-state index in [4.69, 9.17) is 16.0 Å². The number of amides is 1. The molecule has 2 heterocycles. The molecule has 6 heteroatoms. The molecule has 4 nitrogen and oxygen atoms in total. The van der Waals surface area contributed by atoms with Gasteiger partial charge in [0.2, 0.25) is 0 Å². The number of carbonyl (C=O) groups is 1. The first-order valence-electron chi connectivity index (χ1n) is 8.57. The number of hydrogen-bond acceptors (Lipinski definition) is 4. The topological polar surface area (TPSA) is 45.8 Å². The van der Waals surface area contributed by atoms with Crippen LogP contribution in [0.5, 0.6) is 0 Å². The molecule has 136 valence electrons. The minimum absolute atomic E-state index is 0.0470. The van der Waals surface area contributed by atoms with Crippen molar-refractivity contribution in [3.63, 3.8) is 0 Å². The minimum atomic E-state index is -0.227. The number of nitrogens with zero attached hydrogens (tertiary/aromatic N) is 2. The maximum Gasteiger partial charge on any atom is 0.253 e. The average Bonchev–Trinajstić information content (AvgIpc) is 3.37. The third-order valence-electron chi connectivity index (χ3n) is 4.32. The number of hydrogen-bond donors (Lipinski definition) is 0. The van der Waals surface area contributed by atoms with Crippen molar-refractivity contribution in [2.24, 2.45) is 5.10 Å². The average molecular weight is 397 g/mol. The monoisotopic (exact) mass is 396 g/mol. The molecule has 0 N–H and O–H groups in total. The molecule has 1 unspecified atom stereocenters. The van der Waals surface area contributed by atoms with Gasteiger partial charge in [0, 0.05) is 16.3 Å². The van der Waals surface area contributed by atoms with Crippen molar-refractivity contribution in [1.82, 2.24) is 5.01 Å². The van der Waals surface area contributed by atoms with Crippen molar-refractivity contribution in [3.05, 3.63) is 89.3 Å². The summed E-state index contributed by atoms with van der Waals surface area (Å²) in [4.78, 5) is 13.9. The molecule has 0 saturated carbocycles. The molecule has 1 aliphatic heterocycles. The zero-order valence-corrected chi connectivity index (χ0v) is 16.0. The molecule has 0 radical (unpaired) electrons. The Morgan fingerprint density at radius 1 is 1.11 bits per heavy atom. The van der Waals surface area contributed by atoms with Gasteiger partial charge >= 0.3 is 0 Å². The van der Waals surface area contributed by atoms with Gasteiger partial charge in [0.15, 0.2) is 0 Å². The van der Waals surface area contributed by atoms with Crippen LogP contribution in [0.4, 0.5) is 0 Å². The van der Waals surface area contributed by atoms with Gasteiger partial charge < -0.3 is 4.42 Å². The number of thioether (sulfide) groups is 1. The van der Waals surface area contributed by atoms with Crippen LogP contribution in [-0.4, -0.2) is 22.4 Å². The number of furan rings is 1. The summed E-state index contributed by atoms with van der Waals surface area (Å²) in [7, 11) is 0. The second-order valence-electron chi connectivity index (χ2n) is 6.13. The smallest absolute Gasteiger partial charge is 0.253 e. The van der Waals surface area contributed by atoms with Gasteiger partial charge in [-0.15, -0.1) is 11.8 Å². The van der Waals surface area contributed by atoms with Crippen molar-refractivity contribution >= 4 is 35.0 Å². The molecule has 2 aromatic carbocycles. The van der Waals surface area contributed by atoms with Crippen molar-refractivity contribution in [1.29, 1.82) is 0 Å². The molecule has 1 amide bonds. The summed E-state index contributed by atoms with van der Waals surface area (Å²) in [6.07, 6.45) is 2.23. The van der Waals surface area contributed by atoms with E-state index in [0.29, 0.717) is 17.2 Å². The van der Waals surface area contributed by atoms with Gasteiger partial charge in [-0.3, -0.25) is 4.79 Å². The van der Waals surface area contributed by atoms with Crippen LogP contribution in [0.25, 0.3) is 0 Å². The van der Waals surface area contributed by atoms with Crippen molar-refractivity contribution in [3.8, 4) is 0 Å². The van der Waals surface area contributed by atoms with E-state index >= 15 is 0 Å². The predicted octanol–water partition coefficient (Wildman–Crippen LogP) is 5.40. The fourth-order valence-electron chi connectivity index (χ4n) is 2.99. The van der Waals surface area contributed by atoms with E-state index in [-0.39, 0.29) is 11.9 Å². The Hall–Kier alpha value is -2.50. The first-order chi connectivity index (χ1) is 13.2.